The number of hydrogen-bond acceptors (Lipinski definition) is 2. The summed E-state index contributed by atoms with van der Waals surface area (Å²) >= 11 is 1.13. The molecule has 2 rings (SSSR count). The number of hydrogen-bond donors (Lipinski definition) is 0. The molecular weight excluding hydrogens is 235 g/mol. The molecule has 0 amide bonds. The summed E-state index contributed by atoms with van der Waals surface area (Å²) in [5.74, 6) is 1.77. The van der Waals surface area contributed by atoms with E-state index in [1.807, 2.05) is 12.1 Å². The maximum absolute atomic E-state index is 5.18. The Hall–Kier alpha value is -0.381. The molecule has 50 valence electrons. The zero-order valence-corrected chi connectivity index (χ0v) is 8.63. The molecule has 1 heterocycles. The van der Waals surface area contributed by atoms with Gasteiger partial charge in [0.05, 0.1) is 0 Å². The van der Waals surface area contributed by atoms with E-state index in [2.05, 4.69) is 6.07 Å². The van der Waals surface area contributed by atoms with Crippen LogP contribution in [0.25, 0.3) is 0 Å². The minimum atomic E-state index is 0.374. The van der Waals surface area contributed by atoms with E-state index in [4.69, 9.17) is 9.47 Å². The van der Waals surface area contributed by atoms with Gasteiger partial charge in [-0.05, 0) is 0 Å². The third-order valence-electron chi connectivity index (χ3n) is 1.40. The molecule has 1 aliphatic rings. The molecule has 0 spiro atoms. The van der Waals surface area contributed by atoms with Crippen molar-refractivity contribution in [1.29, 1.82) is 0 Å². The number of fused-ring (bicyclic) bond motifs is 1. The monoisotopic (exact) mass is 242 g/mol. The molecular formula is C7H6O2Sn. The van der Waals surface area contributed by atoms with Gasteiger partial charge in [-0.15, -0.1) is 0 Å². The van der Waals surface area contributed by atoms with Gasteiger partial charge in [0.2, 0.25) is 0 Å². The van der Waals surface area contributed by atoms with Gasteiger partial charge in [-0.1, -0.05) is 0 Å². The summed E-state index contributed by atoms with van der Waals surface area (Å²) in [6.45, 7) is 0.374. The van der Waals surface area contributed by atoms with Gasteiger partial charge in [-0.3, -0.25) is 0 Å². The van der Waals surface area contributed by atoms with E-state index in [0.29, 0.717) is 6.79 Å². The Morgan fingerprint density at radius 1 is 1.20 bits per heavy atom. The Bertz CT molecular complexity index is 260. The van der Waals surface area contributed by atoms with Crippen LogP contribution in [0.2, 0.25) is 0 Å². The van der Waals surface area contributed by atoms with Crippen LogP contribution in [0.15, 0.2) is 18.2 Å². The predicted octanol–water partition coefficient (Wildman–Crippen LogP) is -0.0586. The van der Waals surface area contributed by atoms with Crippen molar-refractivity contribution in [3.8, 4) is 11.5 Å². The Kier molecular flexibility index (Phi) is 1.48. The zero-order chi connectivity index (χ0) is 6.97. The van der Waals surface area contributed by atoms with Crippen molar-refractivity contribution < 1.29 is 9.47 Å². The van der Waals surface area contributed by atoms with Gasteiger partial charge in [-0.25, -0.2) is 0 Å². The van der Waals surface area contributed by atoms with Crippen LogP contribution < -0.4 is 13.1 Å². The topological polar surface area (TPSA) is 18.5 Å². The molecule has 2 radical (unpaired) electrons. The fraction of sp³-hybridized carbons (Fsp3) is 0.143. The molecule has 0 fully saturated rings. The van der Waals surface area contributed by atoms with Crippen molar-refractivity contribution in [2.45, 2.75) is 0 Å². The summed E-state index contributed by atoms with van der Waals surface area (Å²) in [5, 5.41) is 0. The van der Waals surface area contributed by atoms with Gasteiger partial charge in [0.15, 0.2) is 0 Å². The molecule has 1 aromatic carbocycles. The number of ether oxygens (including phenoxy) is 2. The molecule has 3 heteroatoms. The van der Waals surface area contributed by atoms with Crippen molar-refractivity contribution in [3.63, 3.8) is 0 Å². The van der Waals surface area contributed by atoms with Crippen LogP contribution >= 0.6 is 0 Å². The first-order chi connectivity index (χ1) is 4.86. The van der Waals surface area contributed by atoms with E-state index in [1.54, 1.807) is 0 Å². The van der Waals surface area contributed by atoms with E-state index in [0.717, 1.165) is 34.0 Å². The average Bonchev–Trinajstić information content (AvgIpc) is 2.33. The van der Waals surface area contributed by atoms with Crippen LogP contribution in [0.5, 0.6) is 11.5 Å². The fourth-order valence-corrected chi connectivity index (χ4v) is 1.62. The summed E-state index contributed by atoms with van der Waals surface area (Å²) < 4.78 is 11.7. The van der Waals surface area contributed by atoms with E-state index >= 15 is 0 Å². The maximum atomic E-state index is 5.18. The van der Waals surface area contributed by atoms with Crippen molar-refractivity contribution in [2.24, 2.45) is 0 Å². The Morgan fingerprint density at radius 3 is 2.90 bits per heavy atom. The molecule has 10 heavy (non-hydrogen) atoms. The van der Waals surface area contributed by atoms with Crippen molar-refractivity contribution in [2.75, 3.05) is 6.79 Å². The molecule has 0 unspecified atom stereocenters. The third-order valence-corrected chi connectivity index (χ3v) is 2.42. The van der Waals surface area contributed by atoms with Crippen LogP contribution in [-0.2, 0) is 0 Å². The van der Waals surface area contributed by atoms with Gasteiger partial charge in [0.25, 0.3) is 0 Å². The second-order valence-corrected chi connectivity index (χ2v) is 4.02. The molecule has 0 bridgehead atoms. The van der Waals surface area contributed by atoms with Crippen LogP contribution in [-0.4, -0.2) is 29.3 Å². The predicted molar refractivity (Wildman–Crippen MR) is 39.3 cm³/mol. The van der Waals surface area contributed by atoms with Gasteiger partial charge in [-0.2, -0.15) is 0 Å². The second-order valence-electron chi connectivity index (χ2n) is 2.11. The second kappa shape index (κ2) is 2.34. The molecule has 2 nitrogen and oxygen atoms in total. The Morgan fingerprint density at radius 2 is 2.00 bits per heavy atom. The molecule has 0 atom stereocenters. The third kappa shape index (κ3) is 0.963. The Balaban J connectivity index is 2.52. The standard InChI is InChI=1S/C7H5O2.Sn.H/c1-2-4-7-6(3-1)8-5-9-7;;/h1,3-4H,5H2;;. The summed E-state index contributed by atoms with van der Waals surface area (Å²) in [4.78, 5) is 0. The quantitative estimate of drug-likeness (QED) is 0.592. The van der Waals surface area contributed by atoms with Crippen molar-refractivity contribution in [1.82, 2.24) is 0 Å². The number of rotatable bonds is 0. The molecule has 0 aromatic heterocycles. The molecule has 0 saturated heterocycles. The van der Waals surface area contributed by atoms with E-state index in [9.17, 15) is 0 Å². The molecule has 0 saturated carbocycles. The first kappa shape index (κ1) is 6.34. The molecule has 1 aliphatic heterocycles. The summed E-state index contributed by atoms with van der Waals surface area (Å²) in [7, 11) is 0. The first-order valence-corrected chi connectivity index (χ1v) is 4.66. The van der Waals surface area contributed by atoms with Crippen LogP contribution in [0.1, 0.15) is 0 Å². The van der Waals surface area contributed by atoms with E-state index in [-0.39, 0.29) is 0 Å². The fourth-order valence-electron chi connectivity index (χ4n) is 0.913. The van der Waals surface area contributed by atoms with Crippen molar-refractivity contribution in [3.05, 3.63) is 18.2 Å². The zero-order valence-electron chi connectivity index (χ0n) is 5.33. The van der Waals surface area contributed by atoms with Crippen LogP contribution in [0.4, 0.5) is 0 Å². The van der Waals surface area contributed by atoms with Gasteiger partial charge in [0.1, 0.15) is 0 Å². The Labute approximate surface area is 72.2 Å². The average molecular weight is 241 g/mol. The van der Waals surface area contributed by atoms with E-state index in [1.165, 1.54) is 3.58 Å². The van der Waals surface area contributed by atoms with Crippen molar-refractivity contribution >= 4 is 26.1 Å². The van der Waals surface area contributed by atoms with Crippen LogP contribution in [0.3, 0.4) is 0 Å². The SMILES string of the molecule is [SnH][c]1ccc2c(c1)OCO2. The molecule has 1 aromatic rings. The summed E-state index contributed by atoms with van der Waals surface area (Å²) in [5.41, 5.74) is 0. The normalized spacial score (nSPS) is 13.7. The van der Waals surface area contributed by atoms with Gasteiger partial charge in [0, 0.05) is 0 Å². The molecule has 0 N–H and O–H groups in total. The molecule has 0 aliphatic carbocycles. The first-order valence-electron chi connectivity index (χ1n) is 3.01. The van der Waals surface area contributed by atoms with E-state index < -0.39 is 0 Å². The van der Waals surface area contributed by atoms with Crippen LogP contribution in [0, 0.1) is 0 Å². The van der Waals surface area contributed by atoms with Gasteiger partial charge >= 0.3 is 72.1 Å². The number of benzene rings is 1. The summed E-state index contributed by atoms with van der Waals surface area (Å²) in [6.07, 6.45) is 0. The summed E-state index contributed by atoms with van der Waals surface area (Å²) in [6, 6.07) is 6.06. The van der Waals surface area contributed by atoms with Gasteiger partial charge < -0.3 is 0 Å². The minimum absolute atomic E-state index is 0.374.